The van der Waals surface area contributed by atoms with Gasteiger partial charge in [-0.15, -0.1) is 0 Å². The molecule has 0 N–H and O–H groups in total. The lowest BCUT2D eigenvalue weighted by Crippen LogP contribution is -2.30. The van der Waals surface area contributed by atoms with Gasteiger partial charge in [-0.1, -0.05) is 37.1 Å². The summed E-state index contributed by atoms with van der Waals surface area (Å²) in [6, 6.07) is 7.82. The second-order valence-corrected chi connectivity index (χ2v) is 6.52. The van der Waals surface area contributed by atoms with Gasteiger partial charge in [0.2, 0.25) is 5.91 Å². The number of likely N-dealkylation sites (tertiary alicyclic amines) is 1. The molecule has 26 heavy (non-hydrogen) atoms. The van der Waals surface area contributed by atoms with E-state index < -0.39 is 0 Å². The van der Waals surface area contributed by atoms with Crippen LogP contribution in [0, 0.1) is 6.92 Å². The average molecular weight is 357 g/mol. The Morgan fingerprint density at radius 1 is 1.15 bits per heavy atom. The first-order chi connectivity index (χ1) is 12.5. The molecule has 0 bridgehead atoms. The molecule has 5 nitrogen and oxygen atoms in total. The van der Waals surface area contributed by atoms with Crippen LogP contribution in [0.2, 0.25) is 0 Å². The first-order valence-electron chi connectivity index (χ1n) is 9.29. The van der Waals surface area contributed by atoms with Gasteiger partial charge in [-0.2, -0.15) is 0 Å². The fourth-order valence-corrected chi connectivity index (χ4v) is 3.02. The SMILES string of the molecule is CCOC(=O)CCCCCCN1C(=O)CC(=Cc2ccccc2C)C1=O. The highest BCUT2D eigenvalue weighted by Gasteiger charge is 2.33. The van der Waals surface area contributed by atoms with Crippen LogP contribution in [0.1, 0.15) is 56.6 Å². The van der Waals surface area contributed by atoms with Crippen molar-refractivity contribution >= 4 is 23.9 Å². The molecule has 1 aliphatic rings. The molecule has 1 aromatic carbocycles. The minimum atomic E-state index is -0.176. The van der Waals surface area contributed by atoms with E-state index in [1.165, 1.54) is 4.90 Å². The molecule has 1 saturated heterocycles. The minimum absolute atomic E-state index is 0.124. The molecule has 2 amide bonds. The van der Waals surface area contributed by atoms with E-state index in [4.69, 9.17) is 4.74 Å². The first kappa shape index (κ1) is 19.9. The Morgan fingerprint density at radius 2 is 1.88 bits per heavy atom. The van der Waals surface area contributed by atoms with E-state index in [1.54, 1.807) is 6.92 Å². The van der Waals surface area contributed by atoms with Gasteiger partial charge in [-0.05, 0) is 43.9 Å². The van der Waals surface area contributed by atoms with Gasteiger partial charge in [0.15, 0.2) is 0 Å². The van der Waals surface area contributed by atoms with Gasteiger partial charge in [-0.25, -0.2) is 0 Å². The highest BCUT2D eigenvalue weighted by molar-refractivity contribution is 6.15. The van der Waals surface area contributed by atoms with Crippen LogP contribution >= 0.6 is 0 Å². The van der Waals surface area contributed by atoms with E-state index in [2.05, 4.69) is 0 Å². The van der Waals surface area contributed by atoms with Crippen molar-refractivity contribution in [3.05, 3.63) is 41.0 Å². The van der Waals surface area contributed by atoms with Crippen molar-refractivity contribution < 1.29 is 19.1 Å². The molecule has 1 aliphatic heterocycles. The smallest absolute Gasteiger partial charge is 0.305 e. The molecule has 0 unspecified atom stereocenters. The largest absolute Gasteiger partial charge is 0.466 e. The maximum Gasteiger partial charge on any atom is 0.305 e. The van der Waals surface area contributed by atoms with Crippen molar-refractivity contribution in [3.8, 4) is 0 Å². The van der Waals surface area contributed by atoms with Gasteiger partial charge in [0.25, 0.3) is 5.91 Å². The van der Waals surface area contributed by atoms with Crippen LogP contribution in [0.3, 0.4) is 0 Å². The molecule has 1 fully saturated rings. The number of benzene rings is 1. The molecule has 2 rings (SSSR count). The van der Waals surface area contributed by atoms with Gasteiger partial charge in [0.05, 0.1) is 13.0 Å². The zero-order valence-corrected chi connectivity index (χ0v) is 15.6. The van der Waals surface area contributed by atoms with Crippen LogP contribution < -0.4 is 0 Å². The summed E-state index contributed by atoms with van der Waals surface area (Å²) in [6.45, 7) is 4.64. The molecule has 0 saturated carbocycles. The topological polar surface area (TPSA) is 63.7 Å². The second kappa shape index (κ2) is 9.90. The molecule has 0 radical (unpaired) electrons. The molecular weight excluding hydrogens is 330 g/mol. The number of hydrogen-bond acceptors (Lipinski definition) is 4. The number of unbranched alkanes of at least 4 members (excludes halogenated alkanes) is 3. The number of carbonyl (C=O) groups is 3. The van der Waals surface area contributed by atoms with E-state index in [9.17, 15) is 14.4 Å². The van der Waals surface area contributed by atoms with E-state index in [-0.39, 0.29) is 24.2 Å². The van der Waals surface area contributed by atoms with Gasteiger partial charge < -0.3 is 4.74 Å². The summed E-state index contributed by atoms with van der Waals surface area (Å²) in [5, 5.41) is 0. The van der Waals surface area contributed by atoms with Crippen LogP contribution in [0.25, 0.3) is 6.08 Å². The molecule has 140 valence electrons. The summed E-state index contributed by atoms with van der Waals surface area (Å²) in [7, 11) is 0. The predicted molar refractivity (Wildman–Crippen MR) is 100 cm³/mol. The minimum Gasteiger partial charge on any atom is -0.466 e. The van der Waals surface area contributed by atoms with Crippen LogP contribution in [0.5, 0.6) is 0 Å². The maximum atomic E-state index is 12.5. The van der Waals surface area contributed by atoms with Crippen LogP contribution in [0.4, 0.5) is 0 Å². The zero-order chi connectivity index (χ0) is 18.9. The third-order valence-electron chi connectivity index (χ3n) is 4.50. The Balaban J connectivity index is 1.79. The Bertz CT molecular complexity index is 693. The van der Waals surface area contributed by atoms with Gasteiger partial charge in [0.1, 0.15) is 0 Å². The van der Waals surface area contributed by atoms with Crippen molar-refractivity contribution in [1.29, 1.82) is 0 Å². The molecule has 1 aromatic rings. The summed E-state index contributed by atoms with van der Waals surface area (Å²) in [5.74, 6) is -0.463. The summed E-state index contributed by atoms with van der Waals surface area (Å²) in [4.78, 5) is 37.3. The second-order valence-electron chi connectivity index (χ2n) is 6.52. The first-order valence-corrected chi connectivity index (χ1v) is 9.29. The molecular formula is C21H27NO4. The highest BCUT2D eigenvalue weighted by atomic mass is 16.5. The van der Waals surface area contributed by atoms with Crippen LogP contribution in [-0.2, 0) is 19.1 Å². The third-order valence-corrected chi connectivity index (χ3v) is 4.50. The van der Waals surface area contributed by atoms with Crippen molar-refractivity contribution in [2.45, 2.75) is 52.4 Å². The van der Waals surface area contributed by atoms with Gasteiger partial charge >= 0.3 is 5.97 Å². The fourth-order valence-electron chi connectivity index (χ4n) is 3.02. The summed E-state index contributed by atoms with van der Waals surface area (Å²) in [5.41, 5.74) is 2.62. The van der Waals surface area contributed by atoms with Crippen molar-refractivity contribution in [1.82, 2.24) is 4.90 Å². The Labute approximate surface area is 155 Å². The number of rotatable bonds is 9. The number of nitrogens with zero attached hydrogens (tertiary/aromatic N) is 1. The summed E-state index contributed by atoms with van der Waals surface area (Å²) < 4.78 is 4.88. The van der Waals surface area contributed by atoms with Gasteiger partial charge in [-0.3, -0.25) is 19.3 Å². The number of imide groups is 1. The zero-order valence-electron chi connectivity index (χ0n) is 15.6. The third kappa shape index (κ3) is 5.55. The summed E-state index contributed by atoms with van der Waals surface area (Å²) >= 11 is 0. The van der Waals surface area contributed by atoms with Crippen molar-refractivity contribution in [3.63, 3.8) is 0 Å². The number of carbonyl (C=O) groups excluding carboxylic acids is 3. The Morgan fingerprint density at radius 3 is 2.62 bits per heavy atom. The average Bonchev–Trinajstić information content (AvgIpc) is 2.87. The summed E-state index contributed by atoms with van der Waals surface area (Å²) in [6.07, 6.45) is 5.75. The van der Waals surface area contributed by atoms with E-state index in [1.807, 2.05) is 37.3 Å². The number of aryl methyl sites for hydroxylation is 1. The van der Waals surface area contributed by atoms with Gasteiger partial charge in [0, 0.05) is 18.5 Å². The fraction of sp³-hybridized carbons (Fsp3) is 0.476. The Kier molecular flexibility index (Phi) is 7.57. The molecule has 0 atom stereocenters. The van der Waals surface area contributed by atoms with Crippen LogP contribution in [-0.4, -0.2) is 35.8 Å². The molecule has 0 spiro atoms. The Hall–Kier alpha value is -2.43. The molecule has 0 aromatic heterocycles. The van der Waals surface area contributed by atoms with E-state index in [0.29, 0.717) is 25.1 Å². The lowest BCUT2D eigenvalue weighted by molar-refractivity contribution is -0.143. The number of esters is 1. The lowest BCUT2D eigenvalue weighted by Gasteiger charge is -2.13. The monoisotopic (exact) mass is 357 g/mol. The number of hydrogen-bond donors (Lipinski definition) is 0. The molecule has 0 aliphatic carbocycles. The van der Waals surface area contributed by atoms with E-state index in [0.717, 1.165) is 36.8 Å². The van der Waals surface area contributed by atoms with E-state index >= 15 is 0 Å². The quantitative estimate of drug-likeness (QED) is 0.293. The highest BCUT2D eigenvalue weighted by Crippen LogP contribution is 2.23. The predicted octanol–water partition coefficient (Wildman–Crippen LogP) is 3.65. The lowest BCUT2D eigenvalue weighted by atomic mass is 10.1. The maximum absolute atomic E-state index is 12.5. The normalized spacial score (nSPS) is 15.8. The molecule has 5 heteroatoms. The number of amides is 2. The van der Waals surface area contributed by atoms with Crippen molar-refractivity contribution in [2.75, 3.05) is 13.2 Å². The standard InChI is InChI=1S/C21H27NO4/c1-3-26-20(24)12-6-4-5-9-13-22-19(23)15-18(21(22)25)14-17-11-8-7-10-16(17)2/h7-8,10-11,14H,3-6,9,12-13,15H2,1-2H3. The van der Waals surface area contributed by atoms with Crippen LogP contribution in [0.15, 0.2) is 29.8 Å². The number of ether oxygens (including phenoxy) is 1. The molecule has 1 heterocycles. The van der Waals surface area contributed by atoms with Crippen molar-refractivity contribution in [2.24, 2.45) is 0 Å².